The molecule has 0 atom stereocenters. The summed E-state index contributed by atoms with van der Waals surface area (Å²) in [6.07, 6.45) is 2.08. The van der Waals surface area contributed by atoms with Crippen molar-refractivity contribution in [2.75, 3.05) is 29.1 Å². The lowest BCUT2D eigenvalue weighted by Gasteiger charge is -2.20. The molecule has 3 rings (SSSR count). The van der Waals surface area contributed by atoms with Gasteiger partial charge < -0.3 is 15.5 Å². The third-order valence-electron chi connectivity index (χ3n) is 3.70. The highest BCUT2D eigenvalue weighted by Gasteiger charge is 2.27. The van der Waals surface area contributed by atoms with Gasteiger partial charge in [0.1, 0.15) is 17.1 Å². The minimum Gasteiger partial charge on any atom is -0.374 e. The zero-order chi connectivity index (χ0) is 15.9. The van der Waals surface area contributed by atoms with E-state index in [9.17, 15) is 9.59 Å². The van der Waals surface area contributed by atoms with Gasteiger partial charge in [-0.25, -0.2) is 9.97 Å². The van der Waals surface area contributed by atoms with Gasteiger partial charge in [-0.05, 0) is 6.42 Å². The Morgan fingerprint density at radius 2 is 1.95 bits per heavy atom. The number of hydrogen-bond acceptors (Lipinski definition) is 7. The predicted octanol–water partition coefficient (Wildman–Crippen LogP) is 1.63. The van der Waals surface area contributed by atoms with Crippen LogP contribution in [0.2, 0.25) is 5.15 Å². The molecule has 1 aromatic carbocycles. The van der Waals surface area contributed by atoms with Gasteiger partial charge in [-0.3, -0.25) is 9.59 Å². The summed E-state index contributed by atoms with van der Waals surface area (Å²) in [5.41, 5.74) is 0.0756. The van der Waals surface area contributed by atoms with Crippen LogP contribution >= 0.6 is 11.6 Å². The molecule has 0 radical (unpaired) electrons. The molecule has 2 heterocycles. The van der Waals surface area contributed by atoms with Crippen molar-refractivity contribution in [3.8, 4) is 0 Å². The van der Waals surface area contributed by atoms with Crippen LogP contribution in [-0.2, 0) is 6.54 Å². The van der Waals surface area contributed by atoms with Crippen molar-refractivity contribution < 1.29 is 0 Å². The number of hydrogen-bond donors (Lipinski definition) is 2. The Labute approximate surface area is 132 Å². The molecule has 8 heteroatoms. The molecule has 7 nitrogen and oxygen atoms in total. The molecule has 1 aliphatic heterocycles. The molecular formula is C14H16ClN5O2. The first-order valence-corrected chi connectivity index (χ1v) is 7.52. The average molecular weight is 322 g/mol. The summed E-state index contributed by atoms with van der Waals surface area (Å²) in [7, 11) is 1.90. The number of aromatic nitrogens is 2. The van der Waals surface area contributed by atoms with Crippen molar-refractivity contribution in [1.82, 2.24) is 9.97 Å². The number of nitrogens with one attached hydrogen (secondary N) is 2. The molecule has 0 spiro atoms. The fourth-order valence-electron chi connectivity index (χ4n) is 2.38. The van der Waals surface area contributed by atoms with Crippen LogP contribution in [0, 0.1) is 0 Å². The van der Waals surface area contributed by atoms with E-state index in [1.165, 1.54) is 0 Å². The molecule has 0 fully saturated rings. The largest absolute Gasteiger partial charge is 0.374 e. The van der Waals surface area contributed by atoms with E-state index >= 15 is 0 Å². The topological polar surface area (TPSA) is 87.2 Å². The molecule has 2 N–H and O–H groups in total. The minimum atomic E-state index is -0.534. The maximum atomic E-state index is 11.6. The van der Waals surface area contributed by atoms with Gasteiger partial charge in [-0.15, -0.1) is 0 Å². The maximum absolute atomic E-state index is 11.6. The minimum absolute atomic E-state index is 0.252. The average Bonchev–Trinajstić information content (AvgIpc) is 2.68. The number of rotatable bonds is 4. The van der Waals surface area contributed by atoms with Crippen molar-refractivity contribution in [2.24, 2.45) is 0 Å². The quantitative estimate of drug-likeness (QED) is 0.827. The molecule has 0 unspecified atom stereocenters. The Balaban J connectivity index is 1.96. The van der Waals surface area contributed by atoms with Crippen LogP contribution in [0.4, 0.5) is 23.0 Å². The molecule has 0 bridgehead atoms. The first-order valence-electron chi connectivity index (χ1n) is 7.14. The lowest BCUT2D eigenvalue weighted by atomic mass is 10.2. The van der Waals surface area contributed by atoms with Crippen LogP contribution in [0.3, 0.4) is 0 Å². The molecule has 2 aromatic rings. The van der Waals surface area contributed by atoms with Gasteiger partial charge in [0.25, 0.3) is 10.9 Å². The Morgan fingerprint density at radius 1 is 1.23 bits per heavy atom. The summed E-state index contributed by atoms with van der Waals surface area (Å²) in [5, 5.41) is 6.11. The maximum Gasteiger partial charge on any atom is 0.253 e. The smallest absolute Gasteiger partial charge is 0.253 e. The van der Waals surface area contributed by atoms with Crippen LogP contribution in [-0.4, -0.2) is 23.6 Å². The van der Waals surface area contributed by atoms with Crippen molar-refractivity contribution in [2.45, 2.75) is 26.3 Å². The predicted molar refractivity (Wildman–Crippen MR) is 87.2 cm³/mol. The van der Waals surface area contributed by atoms with E-state index in [-0.39, 0.29) is 5.69 Å². The van der Waals surface area contributed by atoms with Gasteiger partial charge in [-0.1, -0.05) is 24.9 Å². The zero-order valence-electron chi connectivity index (χ0n) is 12.4. The number of anilines is 4. The van der Waals surface area contributed by atoms with Gasteiger partial charge in [0.2, 0.25) is 0 Å². The van der Waals surface area contributed by atoms with Crippen LogP contribution in [0.5, 0.6) is 0 Å². The monoisotopic (exact) mass is 321 g/mol. The van der Waals surface area contributed by atoms with E-state index < -0.39 is 10.9 Å². The Morgan fingerprint density at radius 3 is 2.68 bits per heavy atom. The standard InChI is InChI=1S/C14H16ClN5O2/c1-3-4-5-20(2)14-12(15)17-7-6-16-8-9(11(22)10(8)21)18-13(7)19-14/h16H,3-6H2,1-2H3,(H,18,19). The first-order chi connectivity index (χ1) is 10.5. The Bertz CT molecular complexity index is 797. The van der Waals surface area contributed by atoms with Crippen LogP contribution in [0.25, 0.3) is 0 Å². The highest BCUT2D eigenvalue weighted by Crippen LogP contribution is 2.30. The summed E-state index contributed by atoms with van der Waals surface area (Å²) in [5.74, 6) is 1.02. The summed E-state index contributed by atoms with van der Waals surface area (Å²) < 4.78 is 0. The van der Waals surface area contributed by atoms with Crippen molar-refractivity contribution in [3.63, 3.8) is 0 Å². The van der Waals surface area contributed by atoms with Crippen LogP contribution in [0.1, 0.15) is 25.5 Å². The van der Waals surface area contributed by atoms with E-state index in [1.54, 1.807) is 0 Å². The summed E-state index contributed by atoms with van der Waals surface area (Å²) in [6, 6.07) is 0. The van der Waals surface area contributed by atoms with Crippen molar-refractivity contribution in [3.05, 3.63) is 31.3 Å². The lowest BCUT2D eigenvalue weighted by Crippen LogP contribution is -2.35. The van der Waals surface area contributed by atoms with E-state index in [0.29, 0.717) is 34.7 Å². The number of fused-ring (bicyclic) bond motifs is 2. The van der Waals surface area contributed by atoms with Gasteiger partial charge in [0.05, 0.1) is 6.54 Å². The van der Waals surface area contributed by atoms with E-state index in [2.05, 4.69) is 27.5 Å². The molecule has 0 amide bonds. The number of nitrogens with zero attached hydrogens (tertiary/aromatic N) is 3. The number of halogens is 1. The summed E-state index contributed by atoms with van der Waals surface area (Å²) in [4.78, 5) is 33.8. The van der Waals surface area contributed by atoms with Gasteiger partial charge in [0, 0.05) is 13.6 Å². The molecule has 0 saturated heterocycles. The second kappa shape index (κ2) is 5.57. The van der Waals surface area contributed by atoms with Crippen LogP contribution < -0.4 is 26.4 Å². The Kier molecular flexibility index (Phi) is 3.74. The fraction of sp³-hybridized carbons (Fsp3) is 0.429. The highest BCUT2D eigenvalue weighted by atomic mass is 35.5. The third kappa shape index (κ3) is 2.31. The summed E-state index contributed by atoms with van der Waals surface area (Å²) >= 11 is 6.22. The SMILES string of the molecule is CCCCN(C)c1nc2c(nc1Cl)CNc1c(c(=O)c1=O)N2. The molecule has 22 heavy (non-hydrogen) atoms. The molecule has 0 aliphatic carbocycles. The van der Waals surface area contributed by atoms with E-state index in [1.807, 2.05) is 11.9 Å². The molecular weight excluding hydrogens is 306 g/mol. The van der Waals surface area contributed by atoms with Gasteiger partial charge in [0.15, 0.2) is 16.8 Å². The van der Waals surface area contributed by atoms with Crippen molar-refractivity contribution >= 4 is 34.6 Å². The second-order valence-corrected chi connectivity index (χ2v) is 5.65. The molecule has 1 aromatic heterocycles. The van der Waals surface area contributed by atoms with Crippen LogP contribution in [0.15, 0.2) is 9.59 Å². The van der Waals surface area contributed by atoms with E-state index in [0.717, 1.165) is 19.4 Å². The Hall–Kier alpha value is -2.15. The molecule has 0 saturated carbocycles. The van der Waals surface area contributed by atoms with E-state index in [4.69, 9.17) is 11.6 Å². The second-order valence-electron chi connectivity index (χ2n) is 5.30. The fourth-order valence-corrected chi connectivity index (χ4v) is 2.66. The molecule has 1 aliphatic rings. The molecule has 116 valence electrons. The normalized spacial score (nSPS) is 12.9. The lowest BCUT2D eigenvalue weighted by molar-refractivity contribution is 0.757. The summed E-state index contributed by atoms with van der Waals surface area (Å²) in [6.45, 7) is 3.22. The third-order valence-corrected chi connectivity index (χ3v) is 3.96. The highest BCUT2D eigenvalue weighted by molar-refractivity contribution is 6.31. The zero-order valence-corrected chi connectivity index (χ0v) is 13.1. The number of unbranched alkanes of at least 4 members (excludes halogenated alkanes) is 1. The van der Waals surface area contributed by atoms with Crippen molar-refractivity contribution in [1.29, 1.82) is 0 Å². The first kappa shape index (κ1) is 14.8. The van der Waals surface area contributed by atoms with Gasteiger partial charge in [-0.2, -0.15) is 0 Å². The van der Waals surface area contributed by atoms with Gasteiger partial charge >= 0.3 is 0 Å².